The summed E-state index contributed by atoms with van der Waals surface area (Å²) in [5.74, 6) is 3.84. The Morgan fingerprint density at radius 3 is 1.45 bits per heavy atom. The van der Waals surface area contributed by atoms with Gasteiger partial charge in [0.25, 0.3) is 0 Å². The molecule has 12 heteroatoms. The molecule has 0 aliphatic carbocycles. The number of ether oxygens (including phenoxy) is 2. The second-order valence-corrected chi connectivity index (χ2v) is 17.7. The van der Waals surface area contributed by atoms with Crippen molar-refractivity contribution >= 4 is 21.8 Å². The topological polar surface area (TPSA) is 112 Å². The first kappa shape index (κ1) is 38.7. The van der Waals surface area contributed by atoms with Crippen molar-refractivity contribution < 1.29 is 9.47 Å². The van der Waals surface area contributed by atoms with E-state index in [4.69, 9.17) is 40.1 Å². The van der Waals surface area contributed by atoms with Crippen LogP contribution in [0.5, 0.6) is 11.5 Å². The van der Waals surface area contributed by atoms with Crippen molar-refractivity contribution in [2.24, 2.45) is 23.7 Å². The molecule has 62 heavy (non-hydrogen) atoms. The highest BCUT2D eigenvalue weighted by molar-refractivity contribution is 5.85. The highest BCUT2D eigenvalue weighted by Gasteiger charge is 2.45. The fraction of sp³-hybridized carbons (Fsp3) is 0.360. The fourth-order valence-corrected chi connectivity index (χ4v) is 11.4. The summed E-state index contributed by atoms with van der Waals surface area (Å²) in [6, 6.07) is 25.4. The standard InChI is InChI=1S/C50H52N10O2/c1-5-31-27-57-21-17-35(31)23-47(57)49(39-15-19-51-43-13-11-37(61-3)25-41(39)43)59-29-45(53-55-59)33-7-9-34(10-8-33)46-30-60(56-54-46)50(48-24-36-18-22-58(48)28-32(36)6-2)40-16-20-52-44-14-12-38(62-4)26-42(40)44/h5-16,19-20,25-26,29-32,35-36,47-50H,1-2,17-18,21-24,27-28H2,3-4H3/t31-,32-,35-,36-,47+,48+,49-,50-/m0/s1. The van der Waals surface area contributed by atoms with E-state index < -0.39 is 0 Å². The monoisotopic (exact) mass is 824 g/mol. The lowest BCUT2D eigenvalue weighted by Gasteiger charge is -2.51. The van der Waals surface area contributed by atoms with Crippen molar-refractivity contribution in [3.63, 3.8) is 0 Å². The van der Waals surface area contributed by atoms with Gasteiger partial charge in [-0.25, -0.2) is 9.36 Å². The van der Waals surface area contributed by atoms with E-state index in [0.717, 1.165) is 94.8 Å². The predicted octanol–water partition coefficient (Wildman–Crippen LogP) is 8.29. The first-order chi connectivity index (χ1) is 30.5. The predicted molar refractivity (Wildman–Crippen MR) is 241 cm³/mol. The van der Waals surface area contributed by atoms with E-state index in [1.165, 1.54) is 24.0 Å². The molecule has 6 saturated heterocycles. The van der Waals surface area contributed by atoms with Gasteiger partial charge >= 0.3 is 0 Å². The zero-order valence-corrected chi connectivity index (χ0v) is 35.4. The van der Waals surface area contributed by atoms with Gasteiger partial charge in [0.15, 0.2) is 0 Å². The molecule has 6 fully saturated rings. The van der Waals surface area contributed by atoms with Crippen LogP contribution >= 0.6 is 0 Å². The summed E-state index contributed by atoms with van der Waals surface area (Å²) in [4.78, 5) is 14.7. The minimum atomic E-state index is -0.0679. The lowest BCUT2D eigenvalue weighted by molar-refractivity contribution is -0.000132. The van der Waals surface area contributed by atoms with Crippen LogP contribution in [0.3, 0.4) is 0 Å². The van der Waals surface area contributed by atoms with Crippen molar-refractivity contribution in [2.45, 2.75) is 49.9 Å². The molecule has 314 valence electrons. The third-order valence-electron chi connectivity index (χ3n) is 14.7. The second-order valence-electron chi connectivity index (χ2n) is 17.7. The maximum absolute atomic E-state index is 5.69. The Bertz CT molecular complexity index is 2590. The van der Waals surface area contributed by atoms with Crippen LogP contribution in [0.15, 0.2) is 123 Å². The quantitative estimate of drug-likeness (QED) is 0.112. The SMILES string of the molecule is C=C[C@H]1CN2CC[C@H]1C[C@@H]2[C@H](c1ccnc2ccc(OC)cc12)n1cc(-c2ccc(-c3cn([C@@H](c4ccnc5ccc(OC)cc45)[C@H]4C[C@@H]5CCN4C[C@@H]5C=C)nn3)cc2)nn1. The van der Waals surface area contributed by atoms with Crippen molar-refractivity contribution in [1.82, 2.24) is 49.8 Å². The molecule has 0 saturated carbocycles. The summed E-state index contributed by atoms with van der Waals surface area (Å²) >= 11 is 0. The van der Waals surface area contributed by atoms with Gasteiger partial charge < -0.3 is 9.47 Å². The number of methoxy groups -OCH3 is 2. The number of benzene rings is 3. The van der Waals surface area contributed by atoms with E-state index in [1.807, 2.05) is 36.7 Å². The molecule has 4 aromatic heterocycles. The molecule has 4 bridgehead atoms. The number of piperidine rings is 6. The van der Waals surface area contributed by atoms with E-state index >= 15 is 0 Å². The van der Waals surface area contributed by atoms with Crippen LogP contribution in [0.2, 0.25) is 0 Å². The smallest absolute Gasteiger partial charge is 0.119 e. The third kappa shape index (κ3) is 6.67. The number of aromatic nitrogens is 8. The summed E-state index contributed by atoms with van der Waals surface area (Å²) in [7, 11) is 3.42. The number of hydrogen-bond donors (Lipinski definition) is 0. The zero-order valence-electron chi connectivity index (χ0n) is 35.4. The number of rotatable bonds is 12. The Labute approximate surface area is 361 Å². The molecule has 7 aromatic rings. The van der Waals surface area contributed by atoms with Gasteiger partial charge in [0, 0.05) is 59.5 Å². The fourth-order valence-electron chi connectivity index (χ4n) is 11.4. The van der Waals surface area contributed by atoms with Gasteiger partial charge in [0.2, 0.25) is 0 Å². The summed E-state index contributed by atoms with van der Waals surface area (Å²) in [6.07, 6.45) is 16.9. The molecule has 0 spiro atoms. The average molecular weight is 825 g/mol. The Morgan fingerprint density at radius 1 is 0.613 bits per heavy atom. The highest BCUT2D eigenvalue weighted by Crippen LogP contribution is 2.46. The highest BCUT2D eigenvalue weighted by atomic mass is 16.5. The molecule has 12 nitrogen and oxygen atoms in total. The van der Waals surface area contributed by atoms with E-state index in [9.17, 15) is 0 Å². The van der Waals surface area contributed by atoms with Crippen molar-refractivity contribution in [2.75, 3.05) is 40.4 Å². The molecule has 0 amide bonds. The van der Waals surface area contributed by atoms with Crippen LogP contribution in [0.4, 0.5) is 0 Å². The van der Waals surface area contributed by atoms with Gasteiger partial charge in [-0.2, -0.15) is 0 Å². The molecular formula is C50H52N10O2. The minimum absolute atomic E-state index is 0.0679. The Hall–Kier alpha value is -6.24. The Morgan fingerprint density at radius 2 is 1.06 bits per heavy atom. The molecular weight excluding hydrogens is 773 g/mol. The van der Waals surface area contributed by atoms with Gasteiger partial charge in [0.05, 0.1) is 49.7 Å². The maximum atomic E-state index is 5.69. The maximum Gasteiger partial charge on any atom is 0.119 e. The van der Waals surface area contributed by atoms with Crippen LogP contribution < -0.4 is 9.47 Å². The van der Waals surface area contributed by atoms with Crippen LogP contribution in [0.1, 0.15) is 48.9 Å². The van der Waals surface area contributed by atoms with Crippen molar-refractivity contribution in [3.05, 3.63) is 134 Å². The molecule has 13 rings (SSSR count). The van der Waals surface area contributed by atoms with E-state index in [-0.39, 0.29) is 24.2 Å². The second kappa shape index (κ2) is 15.9. The summed E-state index contributed by atoms with van der Waals surface area (Å²) < 4.78 is 15.5. The average Bonchev–Trinajstić information content (AvgIpc) is 4.03. The van der Waals surface area contributed by atoms with Crippen molar-refractivity contribution in [1.29, 1.82) is 0 Å². The number of hydrogen-bond acceptors (Lipinski definition) is 10. The van der Waals surface area contributed by atoms with Crippen LogP contribution in [-0.4, -0.2) is 102 Å². The Balaban J connectivity index is 0.920. The van der Waals surface area contributed by atoms with Gasteiger partial charge in [-0.15, -0.1) is 23.4 Å². The van der Waals surface area contributed by atoms with Crippen molar-refractivity contribution in [3.8, 4) is 34.0 Å². The molecule has 3 aromatic carbocycles. The van der Waals surface area contributed by atoms with Crippen LogP contribution in [-0.2, 0) is 0 Å². The van der Waals surface area contributed by atoms with E-state index in [0.29, 0.717) is 23.7 Å². The third-order valence-corrected chi connectivity index (χ3v) is 14.7. The molecule has 6 aliphatic heterocycles. The number of fused-ring (bicyclic) bond motifs is 8. The number of nitrogens with zero attached hydrogens (tertiary/aromatic N) is 10. The van der Waals surface area contributed by atoms with Gasteiger partial charge in [-0.3, -0.25) is 19.8 Å². The Kier molecular flexibility index (Phi) is 9.92. The molecule has 10 atom stereocenters. The summed E-state index contributed by atoms with van der Waals surface area (Å²) in [5.41, 5.74) is 7.84. The largest absolute Gasteiger partial charge is 0.497 e. The van der Waals surface area contributed by atoms with Crippen LogP contribution in [0.25, 0.3) is 44.3 Å². The van der Waals surface area contributed by atoms with E-state index in [1.54, 1.807) is 14.2 Å². The number of pyridine rings is 2. The minimum Gasteiger partial charge on any atom is -0.497 e. The molecule has 0 N–H and O–H groups in total. The first-order valence-corrected chi connectivity index (χ1v) is 22.0. The molecule has 0 radical (unpaired) electrons. The van der Waals surface area contributed by atoms with Crippen LogP contribution in [0, 0.1) is 23.7 Å². The first-order valence-electron chi connectivity index (χ1n) is 22.0. The summed E-state index contributed by atoms with van der Waals surface area (Å²) in [6.45, 7) is 12.5. The van der Waals surface area contributed by atoms with Gasteiger partial charge in [-0.05, 0) is 122 Å². The molecule has 10 heterocycles. The summed E-state index contributed by atoms with van der Waals surface area (Å²) in [5, 5.41) is 21.5. The van der Waals surface area contributed by atoms with E-state index in [2.05, 4.69) is 105 Å². The lowest BCUT2D eigenvalue weighted by atomic mass is 9.73. The zero-order chi connectivity index (χ0) is 41.9. The van der Waals surface area contributed by atoms with Gasteiger partial charge in [-0.1, -0.05) is 46.8 Å². The molecule has 2 unspecified atom stereocenters. The normalized spacial score (nSPS) is 26.4. The molecule has 6 aliphatic rings. The van der Waals surface area contributed by atoms with Gasteiger partial charge in [0.1, 0.15) is 22.9 Å². The lowest BCUT2D eigenvalue weighted by Crippen LogP contribution is -2.56.